The Balaban J connectivity index is 1.35. The number of nitrogens with zero attached hydrogens (tertiary/aromatic N) is 3. The molecule has 1 amide bonds. The molecule has 0 radical (unpaired) electrons. The van der Waals surface area contributed by atoms with Crippen LogP contribution in [0.4, 0.5) is 4.39 Å². The molecule has 2 aliphatic rings. The second-order valence-electron chi connectivity index (χ2n) is 9.54. The van der Waals surface area contributed by atoms with Crippen LogP contribution in [0.3, 0.4) is 0 Å². The van der Waals surface area contributed by atoms with Gasteiger partial charge in [-0.25, -0.2) is 9.37 Å². The number of hydrogen-bond acceptors (Lipinski definition) is 5. The van der Waals surface area contributed by atoms with Crippen LogP contribution in [0.25, 0.3) is 10.9 Å². The maximum atomic E-state index is 14.7. The number of likely N-dealkylation sites (tertiary alicyclic amines) is 1. The quantitative estimate of drug-likeness (QED) is 0.595. The number of pyridine rings is 2. The average molecular weight is 463 g/mol. The van der Waals surface area contributed by atoms with Crippen molar-refractivity contribution in [2.45, 2.75) is 63.1 Å². The Kier molecular flexibility index (Phi) is 6.83. The molecule has 1 aliphatic heterocycles. The molecule has 0 bridgehead atoms. The highest BCUT2D eigenvalue weighted by atomic mass is 19.1. The summed E-state index contributed by atoms with van der Waals surface area (Å²) in [5, 5.41) is 13.9. The van der Waals surface area contributed by atoms with Gasteiger partial charge in [0.15, 0.2) is 0 Å². The van der Waals surface area contributed by atoms with Gasteiger partial charge in [-0.3, -0.25) is 14.7 Å². The van der Waals surface area contributed by atoms with Crippen LogP contribution in [0.5, 0.6) is 0 Å². The molecule has 0 spiro atoms. The molecular formula is C27H31FN4O2. The second-order valence-corrected chi connectivity index (χ2v) is 9.54. The van der Waals surface area contributed by atoms with Crippen molar-refractivity contribution >= 4 is 16.8 Å². The van der Waals surface area contributed by atoms with Crippen molar-refractivity contribution in [2.24, 2.45) is 0 Å². The molecule has 2 aromatic heterocycles. The number of nitrogens with one attached hydrogen (secondary N) is 1. The number of amides is 1. The number of carbonyl (C=O) groups excluding carboxylic acids is 1. The second kappa shape index (κ2) is 10.2. The minimum absolute atomic E-state index is 0.203. The number of aliphatic hydroxyl groups excluding tert-OH is 1. The molecule has 2 fully saturated rings. The van der Waals surface area contributed by atoms with Crippen molar-refractivity contribution in [3.8, 4) is 0 Å². The third-order valence-electron chi connectivity index (χ3n) is 7.24. The number of aromatic nitrogens is 2. The summed E-state index contributed by atoms with van der Waals surface area (Å²) in [5.41, 5.74) is 2.46. The van der Waals surface area contributed by atoms with E-state index in [-0.39, 0.29) is 23.2 Å². The van der Waals surface area contributed by atoms with Gasteiger partial charge in [0.1, 0.15) is 17.0 Å². The normalized spacial score (nSPS) is 22.1. The third-order valence-corrected chi connectivity index (χ3v) is 7.24. The lowest BCUT2D eigenvalue weighted by atomic mass is 9.92. The molecule has 2 N–H and O–H groups in total. The predicted octanol–water partition coefficient (Wildman–Crippen LogP) is 4.18. The zero-order valence-corrected chi connectivity index (χ0v) is 19.3. The van der Waals surface area contributed by atoms with Crippen LogP contribution in [0.15, 0.2) is 48.7 Å². The van der Waals surface area contributed by atoms with E-state index in [0.29, 0.717) is 18.9 Å². The fraction of sp³-hybridized carbons (Fsp3) is 0.444. The van der Waals surface area contributed by atoms with E-state index in [9.17, 15) is 14.3 Å². The van der Waals surface area contributed by atoms with E-state index in [0.717, 1.165) is 61.8 Å². The van der Waals surface area contributed by atoms with E-state index in [2.05, 4.69) is 26.3 Å². The molecule has 6 nitrogen and oxygen atoms in total. The third kappa shape index (κ3) is 4.95. The maximum absolute atomic E-state index is 14.7. The molecule has 1 aromatic carbocycles. The van der Waals surface area contributed by atoms with Gasteiger partial charge in [0.05, 0.1) is 12.1 Å². The summed E-state index contributed by atoms with van der Waals surface area (Å²) < 4.78 is 14.7. The molecule has 5 rings (SSSR count). The lowest BCUT2D eigenvalue weighted by molar-refractivity contribution is 0.0714. The number of fused-ring (bicyclic) bond motifs is 1. The summed E-state index contributed by atoms with van der Waals surface area (Å²) in [7, 11) is 0. The van der Waals surface area contributed by atoms with Crippen LogP contribution in [0.1, 0.15) is 66.2 Å². The number of carbonyl (C=O) groups is 1. The number of aliphatic hydroxyl groups is 1. The maximum Gasteiger partial charge on any atom is 0.270 e. The molecule has 178 valence electrons. The van der Waals surface area contributed by atoms with Gasteiger partial charge in [0, 0.05) is 29.7 Å². The van der Waals surface area contributed by atoms with Crippen molar-refractivity contribution in [3.63, 3.8) is 0 Å². The fourth-order valence-corrected chi connectivity index (χ4v) is 5.30. The van der Waals surface area contributed by atoms with Gasteiger partial charge in [-0.15, -0.1) is 0 Å². The van der Waals surface area contributed by atoms with Crippen molar-refractivity contribution in [2.75, 3.05) is 13.1 Å². The van der Waals surface area contributed by atoms with Gasteiger partial charge in [0.25, 0.3) is 5.91 Å². The Morgan fingerprint density at radius 1 is 1.09 bits per heavy atom. The lowest BCUT2D eigenvalue weighted by Crippen LogP contribution is -2.45. The molecule has 3 heterocycles. The topological polar surface area (TPSA) is 78.4 Å². The molecule has 3 aromatic rings. The number of para-hydroxylation sites is 1. The number of halogens is 1. The van der Waals surface area contributed by atoms with Crippen molar-refractivity contribution < 1.29 is 14.3 Å². The highest BCUT2D eigenvalue weighted by Crippen LogP contribution is 2.29. The van der Waals surface area contributed by atoms with Crippen LogP contribution in [0.2, 0.25) is 0 Å². The van der Waals surface area contributed by atoms with Gasteiger partial charge in [-0.1, -0.05) is 31.0 Å². The Labute approximate surface area is 199 Å². The van der Waals surface area contributed by atoms with Crippen molar-refractivity contribution in [1.82, 2.24) is 20.2 Å². The zero-order valence-electron chi connectivity index (χ0n) is 19.3. The first-order valence-corrected chi connectivity index (χ1v) is 12.3. The van der Waals surface area contributed by atoms with Crippen LogP contribution in [-0.2, 0) is 6.54 Å². The molecular weight excluding hydrogens is 431 g/mol. The number of hydrogen-bond donors (Lipinski definition) is 2. The molecule has 1 aliphatic carbocycles. The van der Waals surface area contributed by atoms with E-state index in [1.807, 2.05) is 24.4 Å². The first-order valence-electron chi connectivity index (χ1n) is 12.3. The summed E-state index contributed by atoms with van der Waals surface area (Å²) in [5.74, 6) is -0.335. The molecule has 7 heteroatoms. The summed E-state index contributed by atoms with van der Waals surface area (Å²) in [6, 6.07) is 12.5. The van der Waals surface area contributed by atoms with Crippen LogP contribution in [0, 0.1) is 5.82 Å². The SMILES string of the molecule is O=C(N[C@H]1CCCC[C@@H]1O)c1cc(CN2CCC(c3ccccn3)CC2)c2cccc(F)c2n1. The lowest BCUT2D eigenvalue weighted by Gasteiger charge is -2.32. The summed E-state index contributed by atoms with van der Waals surface area (Å²) in [6.07, 6.45) is 6.70. The van der Waals surface area contributed by atoms with E-state index in [1.54, 1.807) is 12.1 Å². The fourth-order valence-electron chi connectivity index (χ4n) is 5.30. The van der Waals surface area contributed by atoms with E-state index in [4.69, 9.17) is 0 Å². The minimum Gasteiger partial charge on any atom is -0.391 e. The summed E-state index contributed by atoms with van der Waals surface area (Å²) in [4.78, 5) is 24.3. The van der Waals surface area contributed by atoms with Gasteiger partial charge in [-0.2, -0.15) is 0 Å². The van der Waals surface area contributed by atoms with Crippen LogP contribution in [-0.4, -0.2) is 51.1 Å². The molecule has 1 saturated carbocycles. The standard InChI is InChI=1S/C27H31FN4O2/c28-21-7-5-6-20-19(17-32-14-11-18(12-15-32)22-8-3-4-13-29-22)16-24(30-26(20)21)27(34)31-23-9-1-2-10-25(23)33/h3-8,13,16,18,23,25,33H,1-2,9-12,14-15,17H2,(H,31,34)/t23-,25-/m0/s1. The van der Waals surface area contributed by atoms with Gasteiger partial charge >= 0.3 is 0 Å². The van der Waals surface area contributed by atoms with Crippen LogP contribution < -0.4 is 5.32 Å². The Morgan fingerprint density at radius 2 is 1.91 bits per heavy atom. The van der Waals surface area contributed by atoms with Crippen molar-refractivity contribution in [3.05, 3.63) is 71.4 Å². The van der Waals surface area contributed by atoms with Gasteiger partial charge < -0.3 is 10.4 Å². The zero-order chi connectivity index (χ0) is 23.5. The first-order chi connectivity index (χ1) is 16.6. The molecule has 34 heavy (non-hydrogen) atoms. The van der Waals surface area contributed by atoms with E-state index >= 15 is 0 Å². The highest BCUT2D eigenvalue weighted by Gasteiger charge is 2.27. The summed E-state index contributed by atoms with van der Waals surface area (Å²) in [6.45, 7) is 2.45. The first kappa shape index (κ1) is 22.9. The monoisotopic (exact) mass is 462 g/mol. The number of benzene rings is 1. The van der Waals surface area contributed by atoms with Crippen molar-refractivity contribution in [1.29, 1.82) is 0 Å². The van der Waals surface area contributed by atoms with E-state index < -0.39 is 11.9 Å². The predicted molar refractivity (Wildman–Crippen MR) is 129 cm³/mol. The van der Waals surface area contributed by atoms with Gasteiger partial charge in [0.2, 0.25) is 0 Å². The molecule has 0 unspecified atom stereocenters. The number of rotatable bonds is 5. The molecule has 1 saturated heterocycles. The number of piperidine rings is 1. The van der Waals surface area contributed by atoms with E-state index in [1.165, 1.54) is 6.07 Å². The summed E-state index contributed by atoms with van der Waals surface area (Å²) >= 11 is 0. The smallest absolute Gasteiger partial charge is 0.270 e. The van der Waals surface area contributed by atoms with Crippen LogP contribution >= 0.6 is 0 Å². The largest absolute Gasteiger partial charge is 0.391 e. The Hall–Kier alpha value is -2.90. The Bertz CT molecular complexity index is 1150. The van der Waals surface area contributed by atoms with Gasteiger partial charge in [-0.05, 0) is 68.6 Å². The average Bonchev–Trinajstić information content (AvgIpc) is 2.87. The minimum atomic E-state index is -0.547. The Morgan fingerprint density at radius 3 is 2.68 bits per heavy atom. The highest BCUT2D eigenvalue weighted by molar-refractivity contribution is 5.96. The molecule has 2 atom stereocenters.